The van der Waals surface area contributed by atoms with Crippen LogP contribution < -0.4 is 5.32 Å². The van der Waals surface area contributed by atoms with Gasteiger partial charge in [-0.3, -0.25) is 4.90 Å². The van der Waals surface area contributed by atoms with E-state index in [0.717, 1.165) is 18.3 Å². The maximum absolute atomic E-state index is 4.37. The van der Waals surface area contributed by atoms with Crippen molar-refractivity contribution >= 4 is 5.82 Å². The SMILES string of the molecule is CNc1ncccc1CN1CCC(CN(C)C)CC1. The van der Waals surface area contributed by atoms with E-state index in [-0.39, 0.29) is 0 Å². The summed E-state index contributed by atoms with van der Waals surface area (Å²) < 4.78 is 0. The summed E-state index contributed by atoms with van der Waals surface area (Å²) in [6.45, 7) is 4.65. The minimum atomic E-state index is 0.865. The first-order valence-corrected chi connectivity index (χ1v) is 7.17. The van der Waals surface area contributed by atoms with Gasteiger partial charge in [-0.2, -0.15) is 0 Å². The molecule has 1 aliphatic rings. The van der Waals surface area contributed by atoms with E-state index >= 15 is 0 Å². The summed E-state index contributed by atoms with van der Waals surface area (Å²) >= 11 is 0. The van der Waals surface area contributed by atoms with Crippen LogP contribution >= 0.6 is 0 Å². The van der Waals surface area contributed by atoms with E-state index in [9.17, 15) is 0 Å². The molecule has 0 bridgehead atoms. The number of hydrogen-bond acceptors (Lipinski definition) is 4. The topological polar surface area (TPSA) is 31.4 Å². The Labute approximate surface area is 116 Å². The van der Waals surface area contributed by atoms with Crippen molar-refractivity contribution in [3.05, 3.63) is 23.9 Å². The van der Waals surface area contributed by atoms with Gasteiger partial charge in [-0.25, -0.2) is 4.98 Å². The third kappa shape index (κ3) is 4.18. The van der Waals surface area contributed by atoms with Crippen molar-refractivity contribution in [2.45, 2.75) is 19.4 Å². The molecule has 0 spiro atoms. The van der Waals surface area contributed by atoms with Crippen molar-refractivity contribution in [1.82, 2.24) is 14.8 Å². The largest absolute Gasteiger partial charge is 0.373 e. The summed E-state index contributed by atoms with van der Waals surface area (Å²) in [5.41, 5.74) is 1.30. The first-order valence-electron chi connectivity index (χ1n) is 7.17. The molecule has 1 N–H and O–H groups in total. The number of likely N-dealkylation sites (tertiary alicyclic amines) is 1. The lowest BCUT2D eigenvalue weighted by Gasteiger charge is -2.33. The molecular formula is C15H26N4. The van der Waals surface area contributed by atoms with E-state index in [1.54, 1.807) is 0 Å². The van der Waals surface area contributed by atoms with E-state index in [1.807, 2.05) is 19.3 Å². The molecule has 0 saturated carbocycles. The second-order valence-corrected chi connectivity index (χ2v) is 5.74. The van der Waals surface area contributed by atoms with Crippen LogP contribution in [0.3, 0.4) is 0 Å². The highest BCUT2D eigenvalue weighted by molar-refractivity contribution is 5.42. The molecule has 2 rings (SSSR count). The molecule has 1 aromatic heterocycles. The molecule has 4 heteroatoms. The molecule has 4 nitrogen and oxygen atoms in total. The molecule has 0 atom stereocenters. The minimum absolute atomic E-state index is 0.865. The van der Waals surface area contributed by atoms with Crippen molar-refractivity contribution in [1.29, 1.82) is 0 Å². The smallest absolute Gasteiger partial charge is 0.130 e. The highest BCUT2D eigenvalue weighted by Crippen LogP contribution is 2.21. The quantitative estimate of drug-likeness (QED) is 0.878. The van der Waals surface area contributed by atoms with E-state index in [0.29, 0.717) is 0 Å². The van der Waals surface area contributed by atoms with Crippen molar-refractivity contribution in [3.8, 4) is 0 Å². The van der Waals surface area contributed by atoms with Gasteiger partial charge in [-0.05, 0) is 52.0 Å². The molecule has 1 saturated heterocycles. The first kappa shape index (κ1) is 14.3. The molecule has 2 heterocycles. The van der Waals surface area contributed by atoms with E-state index in [4.69, 9.17) is 0 Å². The van der Waals surface area contributed by atoms with Crippen LogP contribution in [0.4, 0.5) is 5.82 Å². The molecule has 0 unspecified atom stereocenters. The fourth-order valence-corrected chi connectivity index (χ4v) is 2.88. The van der Waals surface area contributed by atoms with Crippen molar-refractivity contribution in [3.63, 3.8) is 0 Å². The molecule has 106 valence electrons. The number of nitrogens with zero attached hydrogens (tertiary/aromatic N) is 3. The molecule has 0 aromatic carbocycles. The van der Waals surface area contributed by atoms with Crippen LogP contribution in [0, 0.1) is 5.92 Å². The lowest BCUT2D eigenvalue weighted by atomic mass is 9.96. The molecule has 0 aliphatic carbocycles. The third-order valence-electron chi connectivity index (χ3n) is 3.85. The molecule has 19 heavy (non-hydrogen) atoms. The van der Waals surface area contributed by atoms with Gasteiger partial charge in [0.1, 0.15) is 5.82 Å². The van der Waals surface area contributed by atoms with Gasteiger partial charge in [0.25, 0.3) is 0 Å². The predicted molar refractivity (Wildman–Crippen MR) is 80.3 cm³/mol. The van der Waals surface area contributed by atoms with Crippen LogP contribution in [0.5, 0.6) is 0 Å². The molecule has 1 aromatic rings. The monoisotopic (exact) mass is 262 g/mol. The van der Waals surface area contributed by atoms with Gasteiger partial charge in [0.2, 0.25) is 0 Å². The normalized spacial score (nSPS) is 17.9. The summed E-state index contributed by atoms with van der Waals surface area (Å²) in [6, 6.07) is 4.19. The summed E-state index contributed by atoms with van der Waals surface area (Å²) in [5, 5.41) is 3.18. The van der Waals surface area contributed by atoms with Crippen LogP contribution in [0.25, 0.3) is 0 Å². The maximum atomic E-state index is 4.37. The van der Waals surface area contributed by atoms with Crippen molar-refractivity contribution in [2.75, 3.05) is 46.1 Å². The number of aromatic nitrogens is 1. The second kappa shape index (κ2) is 6.87. The summed E-state index contributed by atoms with van der Waals surface area (Å²) in [5.74, 6) is 1.88. The van der Waals surface area contributed by atoms with Gasteiger partial charge in [-0.15, -0.1) is 0 Å². The van der Waals surface area contributed by atoms with Crippen molar-refractivity contribution in [2.24, 2.45) is 5.92 Å². The summed E-state index contributed by atoms with van der Waals surface area (Å²) in [7, 11) is 6.28. The highest BCUT2D eigenvalue weighted by atomic mass is 15.1. The molecule has 1 fully saturated rings. The average molecular weight is 262 g/mol. The fraction of sp³-hybridized carbons (Fsp3) is 0.667. The summed E-state index contributed by atoms with van der Waals surface area (Å²) in [4.78, 5) is 9.22. The maximum Gasteiger partial charge on any atom is 0.130 e. The van der Waals surface area contributed by atoms with E-state index < -0.39 is 0 Å². The Morgan fingerprint density at radius 1 is 1.37 bits per heavy atom. The molecule has 0 amide bonds. The fourth-order valence-electron chi connectivity index (χ4n) is 2.88. The zero-order chi connectivity index (χ0) is 13.7. The average Bonchev–Trinajstić information content (AvgIpc) is 2.41. The minimum Gasteiger partial charge on any atom is -0.373 e. The van der Waals surface area contributed by atoms with Gasteiger partial charge >= 0.3 is 0 Å². The Morgan fingerprint density at radius 2 is 2.11 bits per heavy atom. The first-order chi connectivity index (χ1) is 9.19. The number of nitrogens with one attached hydrogen (secondary N) is 1. The Morgan fingerprint density at radius 3 is 2.74 bits per heavy atom. The Hall–Kier alpha value is -1.13. The third-order valence-corrected chi connectivity index (χ3v) is 3.85. The number of anilines is 1. The van der Waals surface area contributed by atoms with E-state index in [1.165, 1.54) is 38.0 Å². The highest BCUT2D eigenvalue weighted by Gasteiger charge is 2.20. The van der Waals surface area contributed by atoms with Crippen LogP contribution in [0.2, 0.25) is 0 Å². The molecule has 1 aliphatic heterocycles. The van der Waals surface area contributed by atoms with Crippen molar-refractivity contribution < 1.29 is 0 Å². The number of hydrogen-bond donors (Lipinski definition) is 1. The van der Waals surface area contributed by atoms with Gasteiger partial charge in [0.15, 0.2) is 0 Å². The standard InChI is InChI=1S/C15H26N4/c1-16-15-14(5-4-8-17-15)12-19-9-6-13(7-10-19)11-18(2)3/h4-5,8,13H,6-7,9-12H2,1-3H3,(H,16,17). The zero-order valence-electron chi connectivity index (χ0n) is 12.4. The zero-order valence-corrected chi connectivity index (χ0v) is 12.4. The molecule has 0 radical (unpaired) electrons. The van der Waals surface area contributed by atoms with Gasteiger partial charge < -0.3 is 10.2 Å². The lowest BCUT2D eigenvalue weighted by Crippen LogP contribution is -2.36. The lowest BCUT2D eigenvalue weighted by molar-refractivity contribution is 0.157. The Bertz CT molecular complexity index is 383. The number of piperidine rings is 1. The van der Waals surface area contributed by atoms with Gasteiger partial charge in [0.05, 0.1) is 0 Å². The van der Waals surface area contributed by atoms with Gasteiger partial charge in [0, 0.05) is 31.9 Å². The number of rotatable bonds is 5. The second-order valence-electron chi connectivity index (χ2n) is 5.74. The van der Waals surface area contributed by atoms with Crippen LogP contribution in [0.1, 0.15) is 18.4 Å². The molecular weight excluding hydrogens is 236 g/mol. The predicted octanol–water partition coefficient (Wildman–Crippen LogP) is 1.90. The van der Waals surface area contributed by atoms with E-state index in [2.05, 4.69) is 40.3 Å². The van der Waals surface area contributed by atoms with Crippen LogP contribution in [-0.4, -0.2) is 55.6 Å². The summed E-state index contributed by atoms with van der Waals surface area (Å²) in [6.07, 6.45) is 4.47. The number of pyridine rings is 1. The Kier molecular flexibility index (Phi) is 5.16. The van der Waals surface area contributed by atoms with Gasteiger partial charge in [-0.1, -0.05) is 6.07 Å². The Balaban J connectivity index is 1.85. The van der Waals surface area contributed by atoms with Crippen LogP contribution in [-0.2, 0) is 6.54 Å². The van der Waals surface area contributed by atoms with Crippen LogP contribution in [0.15, 0.2) is 18.3 Å².